The lowest BCUT2D eigenvalue weighted by Gasteiger charge is -2.48. The van der Waals surface area contributed by atoms with Crippen LogP contribution in [-0.4, -0.2) is 36.1 Å². The van der Waals surface area contributed by atoms with Gasteiger partial charge in [0.25, 0.3) is 0 Å². The Bertz CT molecular complexity index is 313. The molecule has 2 heteroatoms. The summed E-state index contributed by atoms with van der Waals surface area (Å²) in [4.78, 5) is 3.00. The van der Waals surface area contributed by atoms with Crippen molar-refractivity contribution < 1.29 is 0 Å². The molecule has 20 heavy (non-hydrogen) atoms. The molecule has 4 fully saturated rings. The van der Waals surface area contributed by atoms with E-state index in [4.69, 9.17) is 0 Å². The predicted molar refractivity (Wildman–Crippen MR) is 83.8 cm³/mol. The molecular formula is C18H32N2. The summed E-state index contributed by atoms with van der Waals surface area (Å²) in [5, 5.41) is 3.94. The largest absolute Gasteiger partial charge is 0.311 e. The molecule has 1 N–H and O–H groups in total. The second-order valence-electron chi connectivity index (χ2n) is 7.95. The number of piperazine rings is 1. The maximum atomic E-state index is 3.94. The third kappa shape index (κ3) is 2.78. The molecule has 0 aromatic rings. The van der Waals surface area contributed by atoms with Gasteiger partial charge in [0.1, 0.15) is 0 Å². The molecular weight excluding hydrogens is 244 g/mol. The van der Waals surface area contributed by atoms with Crippen LogP contribution in [0.4, 0.5) is 0 Å². The Labute approximate surface area is 124 Å². The molecule has 4 aliphatic rings. The molecule has 114 valence electrons. The maximum Gasteiger partial charge on any atom is 0.0252 e. The minimum absolute atomic E-state index is 0.829. The first-order chi connectivity index (χ1) is 9.92. The summed E-state index contributed by atoms with van der Waals surface area (Å²) in [5.41, 5.74) is 0. The second kappa shape index (κ2) is 5.96. The standard InChI is InChI=1S/C18H32N2/c1-2-6-15(7-3-1)18-12-19-17(14-10-11-14)13-20(18)16-8-4-5-9-16/h14-19H,1-13H2. The maximum absolute atomic E-state index is 3.94. The van der Waals surface area contributed by atoms with Crippen LogP contribution in [0.1, 0.15) is 70.6 Å². The van der Waals surface area contributed by atoms with Gasteiger partial charge in [0.05, 0.1) is 0 Å². The van der Waals surface area contributed by atoms with Crippen molar-refractivity contribution in [1.82, 2.24) is 10.2 Å². The van der Waals surface area contributed by atoms with Crippen LogP contribution >= 0.6 is 0 Å². The first kappa shape index (κ1) is 13.6. The molecule has 0 radical (unpaired) electrons. The summed E-state index contributed by atoms with van der Waals surface area (Å²) in [5.74, 6) is 2.02. The molecule has 0 spiro atoms. The van der Waals surface area contributed by atoms with Crippen LogP contribution in [0, 0.1) is 11.8 Å². The van der Waals surface area contributed by atoms with Gasteiger partial charge >= 0.3 is 0 Å². The summed E-state index contributed by atoms with van der Waals surface area (Å²) < 4.78 is 0. The van der Waals surface area contributed by atoms with Crippen molar-refractivity contribution >= 4 is 0 Å². The number of rotatable bonds is 3. The molecule has 4 rings (SSSR count). The molecule has 0 amide bonds. The Kier molecular flexibility index (Phi) is 4.05. The highest BCUT2D eigenvalue weighted by Crippen LogP contribution is 2.39. The quantitative estimate of drug-likeness (QED) is 0.848. The van der Waals surface area contributed by atoms with Crippen LogP contribution in [0.3, 0.4) is 0 Å². The Balaban J connectivity index is 1.46. The van der Waals surface area contributed by atoms with Gasteiger partial charge in [0.2, 0.25) is 0 Å². The zero-order valence-corrected chi connectivity index (χ0v) is 13.0. The Morgan fingerprint density at radius 1 is 0.700 bits per heavy atom. The second-order valence-corrected chi connectivity index (χ2v) is 7.95. The third-order valence-electron chi connectivity index (χ3n) is 6.60. The normalized spacial score (nSPS) is 38.4. The van der Waals surface area contributed by atoms with Gasteiger partial charge in [0.15, 0.2) is 0 Å². The van der Waals surface area contributed by atoms with Gasteiger partial charge in [-0.2, -0.15) is 0 Å². The van der Waals surface area contributed by atoms with E-state index in [1.807, 2.05) is 0 Å². The summed E-state index contributed by atoms with van der Waals surface area (Å²) in [7, 11) is 0. The molecule has 1 heterocycles. The van der Waals surface area contributed by atoms with Crippen molar-refractivity contribution in [2.24, 2.45) is 11.8 Å². The van der Waals surface area contributed by atoms with E-state index in [-0.39, 0.29) is 0 Å². The molecule has 2 atom stereocenters. The Morgan fingerprint density at radius 3 is 2.10 bits per heavy atom. The number of nitrogens with one attached hydrogen (secondary N) is 1. The zero-order valence-electron chi connectivity index (χ0n) is 13.0. The van der Waals surface area contributed by atoms with Crippen molar-refractivity contribution in [3.05, 3.63) is 0 Å². The average molecular weight is 276 g/mol. The van der Waals surface area contributed by atoms with Crippen molar-refractivity contribution in [2.75, 3.05) is 13.1 Å². The lowest BCUT2D eigenvalue weighted by molar-refractivity contribution is 0.0332. The van der Waals surface area contributed by atoms with Crippen LogP contribution < -0.4 is 5.32 Å². The van der Waals surface area contributed by atoms with Crippen molar-refractivity contribution in [3.8, 4) is 0 Å². The molecule has 0 aromatic carbocycles. The molecule has 0 bridgehead atoms. The monoisotopic (exact) mass is 276 g/mol. The summed E-state index contributed by atoms with van der Waals surface area (Å²) in [6.45, 7) is 2.67. The van der Waals surface area contributed by atoms with Crippen molar-refractivity contribution in [2.45, 2.75) is 88.8 Å². The smallest absolute Gasteiger partial charge is 0.0252 e. The van der Waals surface area contributed by atoms with Gasteiger partial charge in [-0.3, -0.25) is 4.90 Å². The Morgan fingerprint density at radius 2 is 1.40 bits per heavy atom. The summed E-state index contributed by atoms with van der Waals surface area (Å²) in [6, 6.07) is 2.63. The Hall–Kier alpha value is -0.0800. The van der Waals surface area contributed by atoms with Crippen LogP contribution in [0.25, 0.3) is 0 Å². The van der Waals surface area contributed by atoms with Gasteiger partial charge < -0.3 is 5.32 Å². The predicted octanol–water partition coefficient (Wildman–Crippen LogP) is 3.56. The van der Waals surface area contributed by atoms with E-state index in [2.05, 4.69) is 10.2 Å². The van der Waals surface area contributed by atoms with Crippen LogP contribution in [-0.2, 0) is 0 Å². The fourth-order valence-corrected chi connectivity index (χ4v) is 5.24. The van der Waals surface area contributed by atoms with Gasteiger partial charge in [0, 0.05) is 31.2 Å². The number of hydrogen-bond donors (Lipinski definition) is 1. The lowest BCUT2D eigenvalue weighted by Crippen LogP contribution is -2.62. The third-order valence-corrected chi connectivity index (χ3v) is 6.60. The van der Waals surface area contributed by atoms with E-state index in [0.29, 0.717) is 0 Å². The first-order valence-electron chi connectivity index (χ1n) is 9.41. The van der Waals surface area contributed by atoms with Crippen molar-refractivity contribution in [1.29, 1.82) is 0 Å². The molecule has 2 unspecified atom stereocenters. The van der Waals surface area contributed by atoms with Crippen LogP contribution in [0.5, 0.6) is 0 Å². The minimum atomic E-state index is 0.829. The topological polar surface area (TPSA) is 15.3 Å². The van der Waals surface area contributed by atoms with E-state index in [9.17, 15) is 0 Å². The molecule has 1 saturated heterocycles. The summed E-state index contributed by atoms with van der Waals surface area (Å²) in [6.07, 6.45) is 16.4. The highest BCUT2D eigenvalue weighted by atomic mass is 15.3. The van der Waals surface area contributed by atoms with E-state index >= 15 is 0 Å². The number of nitrogens with zero attached hydrogens (tertiary/aromatic N) is 1. The molecule has 3 saturated carbocycles. The van der Waals surface area contributed by atoms with Gasteiger partial charge in [-0.05, 0) is 50.4 Å². The van der Waals surface area contributed by atoms with Gasteiger partial charge in [-0.15, -0.1) is 0 Å². The van der Waals surface area contributed by atoms with E-state index < -0.39 is 0 Å². The van der Waals surface area contributed by atoms with Gasteiger partial charge in [-0.25, -0.2) is 0 Å². The van der Waals surface area contributed by atoms with E-state index in [1.165, 1.54) is 83.7 Å². The van der Waals surface area contributed by atoms with Crippen LogP contribution in [0.2, 0.25) is 0 Å². The first-order valence-corrected chi connectivity index (χ1v) is 9.41. The zero-order chi connectivity index (χ0) is 13.4. The minimum Gasteiger partial charge on any atom is -0.311 e. The molecule has 1 aliphatic heterocycles. The molecule has 2 nitrogen and oxygen atoms in total. The number of hydrogen-bond acceptors (Lipinski definition) is 2. The highest BCUT2D eigenvalue weighted by molar-refractivity contribution is 4.99. The SMILES string of the molecule is C1CCC(C2CNC(C3CC3)CN2C2CCCC2)CC1. The fourth-order valence-electron chi connectivity index (χ4n) is 5.24. The average Bonchev–Trinajstić information content (AvgIpc) is 3.22. The molecule has 0 aromatic heterocycles. The van der Waals surface area contributed by atoms with Crippen LogP contribution in [0.15, 0.2) is 0 Å². The van der Waals surface area contributed by atoms with Gasteiger partial charge in [-0.1, -0.05) is 32.1 Å². The van der Waals surface area contributed by atoms with Crippen molar-refractivity contribution in [3.63, 3.8) is 0 Å². The lowest BCUT2D eigenvalue weighted by atomic mass is 9.81. The highest BCUT2D eigenvalue weighted by Gasteiger charge is 2.42. The molecule has 3 aliphatic carbocycles. The summed E-state index contributed by atoms with van der Waals surface area (Å²) >= 11 is 0. The van der Waals surface area contributed by atoms with E-state index in [0.717, 1.165) is 30.0 Å². The fraction of sp³-hybridized carbons (Fsp3) is 1.00. The van der Waals surface area contributed by atoms with E-state index in [1.54, 1.807) is 0 Å².